The average molecular weight is 294 g/mol. The van der Waals surface area contributed by atoms with Crippen LogP contribution in [0.2, 0.25) is 0 Å². The molecule has 0 aliphatic carbocycles. The molecular formula is C15H22N2O4. The van der Waals surface area contributed by atoms with Crippen molar-refractivity contribution in [1.29, 1.82) is 0 Å². The third-order valence-electron chi connectivity index (χ3n) is 2.46. The minimum Gasteiger partial charge on any atom is -0.467 e. The highest BCUT2D eigenvalue weighted by Gasteiger charge is 2.24. The van der Waals surface area contributed by atoms with Gasteiger partial charge >= 0.3 is 12.1 Å². The molecule has 0 spiro atoms. The van der Waals surface area contributed by atoms with Gasteiger partial charge in [-0.15, -0.1) is 0 Å². The molecule has 0 aliphatic rings. The molecule has 0 saturated carbocycles. The van der Waals surface area contributed by atoms with Crippen molar-refractivity contribution in [2.75, 3.05) is 19.0 Å². The molecule has 0 heterocycles. The molecule has 0 fully saturated rings. The molecule has 0 radical (unpaired) electrons. The number of hydrogen-bond donors (Lipinski definition) is 2. The number of carbonyl (C=O) groups is 2. The van der Waals surface area contributed by atoms with E-state index in [2.05, 4.69) is 15.4 Å². The summed E-state index contributed by atoms with van der Waals surface area (Å²) in [6.45, 7) is 5.46. The zero-order valence-electron chi connectivity index (χ0n) is 12.8. The van der Waals surface area contributed by atoms with Crippen molar-refractivity contribution >= 4 is 17.7 Å². The van der Waals surface area contributed by atoms with Gasteiger partial charge in [0.05, 0.1) is 7.11 Å². The first kappa shape index (κ1) is 16.8. The Bertz CT molecular complexity index is 468. The number of nitrogens with one attached hydrogen (secondary N) is 2. The number of anilines is 1. The Morgan fingerprint density at radius 3 is 2.33 bits per heavy atom. The second kappa shape index (κ2) is 7.52. The number of para-hydroxylation sites is 1. The number of ether oxygens (including phenoxy) is 2. The summed E-state index contributed by atoms with van der Waals surface area (Å²) in [5, 5.41) is 5.55. The number of alkyl carbamates (subject to hydrolysis) is 1. The maximum Gasteiger partial charge on any atom is 0.408 e. The predicted molar refractivity (Wildman–Crippen MR) is 80.1 cm³/mol. The molecule has 0 bridgehead atoms. The van der Waals surface area contributed by atoms with E-state index in [9.17, 15) is 9.59 Å². The van der Waals surface area contributed by atoms with Crippen LogP contribution in [-0.2, 0) is 14.3 Å². The van der Waals surface area contributed by atoms with E-state index in [1.807, 2.05) is 30.3 Å². The highest BCUT2D eigenvalue weighted by Crippen LogP contribution is 2.08. The monoisotopic (exact) mass is 294 g/mol. The molecule has 116 valence electrons. The van der Waals surface area contributed by atoms with Crippen molar-refractivity contribution in [3.63, 3.8) is 0 Å². The van der Waals surface area contributed by atoms with Crippen molar-refractivity contribution in [1.82, 2.24) is 5.32 Å². The van der Waals surface area contributed by atoms with Crippen molar-refractivity contribution in [2.45, 2.75) is 32.4 Å². The second-order valence-corrected chi connectivity index (χ2v) is 5.47. The number of carbonyl (C=O) groups excluding carboxylic acids is 2. The zero-order valence-corrected chi connectivity index (χ0v) is 12.8. The van der Waals surface area contributed by atoms with Gasteiger partial charge in [-0.3, -0.25) is 0 Å². The summed E-state index contributed by atoms with van der Waals surface area (Å²) in [5.41, 5.74) is 0.217. The smallest absolute Gasteiger partial charge is 0.408 e. The zero-order chi connectivity index (χ0) is 15.9. The van der Waals surface area contributed by atoms with E-state index in [0.29, 0.717) is 0 Å². The van der Waals surface area contributed by atoms with Gasteiger partial charge in [-0.1, -0.05) is 18.2 Å². The van der Waals surface area contributed by atoms with E-state index in [0.717, 1.165) is 5.69 Å². The van der Waals surface area contributed by atoms with Crippen LogP contribution in [0.25, 0.3) is 0 Å². The number of hydrogen-bond acceptors (Lipinski definition) is 5. The third-order valence-corrected chi connectivity index (χ3v) is 2.46. The van der Waals surface area contributed by atoms with Crippen molar-refractivity contribution < 1.29 is 19.1 Å². The topological polar surface area (TPSA) is 76.7 Å². The lowest BCUT2D eigenvalue weighted by Gasteiger charge is -2.23. The van der Waals surface area contributed by atoms with E-state index < -0.39 is 23.7 Å². The highest BCUT2D eigenvalue weighted by molar-refractivity contribution is 5.82. The average Bonchev–Trinajstić information content (AvgIpc) is 2.41. The van der Waals surface area contributed by atoms with Gasteiger partial charge in [0.15, 0.2) is 0 Å². The van der Waals surface area contributed by atoms with Gasteiger partial charge in [0.25, 0.3) is 0 Å². The largest absolute Gasteiger partial charge is 0.467 e. The Morgan fingerprint density at radius 1 is 1.19 bits per heavy atom. The van der Waals surface area contributed by atoms with E-state index in [-0.39, 0.29) is 6.54 Å². The van der Waals surface area contributed by atoms with E-state index in [4.69, 9.17) is 4.74 Å². The summed E-state index contributed by atoms with van der Waals surface area (Å²) in [6.07, 6.45) is -0.659. The fourth-order valence-electron chi connectivity index (χ4n) is 1.56. The molecule has 1 aromatic carbocycles. The van der Waals surface area contributed by atoms with Crippen LogP contribution in [0.1, 0.15) is 20.8 Å². The van der Waals surface area contributed by atoms with Crippen LogP contribution in [0.15, 0.2) is 30.3 Å². The van der Waals surface area contributed by atoms with Gasteiger partial charge in [-0.25, -0.2) is 9.59 Å². The fourth-order valence-corrected chi connectivity index (χ4v) is 1.56. The van der Waals surface area contributed by atoms with Crippen LogP contribution in [0.5, 0.6) is 0 Å². The Labute approximate surface area is 124 Å². The van der Waals surface area contributed by atoms with E-state index in [1.54, 1.807) is 20.8 Å². The number of amides is 1. The molecule has 1 rings (SSSR count). The molecular weight excluding hydrogens is 272 g/mol. The van der Waals surface area contributed by atoms with Crippen LogP contribution in [0, 0.1) is 0 Å². The Balaban J connectivity index is 2.60. The van der Waals surface area contributed by atoms with Crippen molar-refractivity contribution in [3.05, 3.63) is 30.3 Å². The van der Waals surface area contributed by atoms with Gasteiger partial charge in [0.2, 0.25) is 0 Å². The Kier molecular flexibility index (Phi) is 6.02. The van der Waals surface area contributed by atoms with Gasteiger partial charge in [0, 0.05) is 12.2 Å². The summed E-state index contributed by atoms with van der Waals surface area (Å²) in [4.78, 5) is 23.4. The van der Waals surface area contributed by atoms with Crippen LogP contribution in [0.3, 0.4) is 0 Å². The van der Waals surface area contributed by atoms with Gasteiger partial charge in [-0.05, 0) is 32.9 Å². The summed E-state index contributed by atoms with van der Waals surface area (Å²) in [7, 11) is 1.27. The molecule has 1 atom stereocenters. The first-order chi connectivity index (χ1) is 9.81. The van der Waals surface area contributed by atoms with Crippen LogP contribution < -0.4 is 10.6 Å². The van der Waals surface area contributed by atoms with Crippen LogP contribution in [-0.4, -0.2) is 37.4 Å². The number of methoxy groups -OCH3 is 1. The highest BCUT2D eigenvalue weighted by atomic mass is 16.6. The minimum atomic E-state index is -0.829. The lowest BCUT2D eigenvalue weighted by Crippen LogP contribution is -2.47. The first-order valence-electron chi connectivity index (χ1n) is 6.68. The van der Waals surface area contributed by atoms with E-state index in [1.165, 1.54) is 7.11 Å². The lowest BCUT2D eigenvalue weighted by molar-refractivity contribution is -0.142. The number of rotatable bonds is 5. The number of benzene rings is 1. The molecule has 1 amide bonds. The van der Waals surface area contributed by atoms with Crippen molar-refractivity contribution in [2.24, 2.45) is 0 Å². The third kappa shape index (κ3) is 6.65. The standard InChI is InChI=1S/C15H22N2O4/c1-15(2,3)21-14(19)17-12(13(18)20-4)10-16-11-8-6-5-7-9-11/h5-9,12,16H,10H2,1-4H3,(H,17,19). The normalized spacial score (nSPS) is 12.2. The molecule has 6 heteroatoms. The maximum atomic E-state index is 11.7. The van der Waals surface area contributed by atoms with Crippen molar-refractivity contribution in [3.8, 4) is 0 Å². The van der Waals surface area contributed by atoms with Gasteiger partial charge < -0.3 is 20.1 Å². The quantitative estimate of drug-likeness (QED) is 0.814. The van der Waals surface area contributed by atoms with Gasteiger partial charge in [-0.2, -0.15) is 0 Å². The van der Waals surface area contributed by atoms with Crippen LogP contribution >= 0.6 is 0 Å². The molecule has 0 saturated heterocycles. The summed E-state index contributed by atoms with van der Waals surface area (Å²) in [5.74, 6) is -0.538. The molecule has 1 unspecified atom stereocenters. The Hall–Kier alpha value is -2.24. The molecule has 0 aliphatic heterocycles. The lowest BCUT2D eigenvalue weighted by atomic mass is 10.2. The minimum absolute atomic E-state index is 0.204. The molecule has 6 nitrogen and oxygen atoms in total. The predicted octanol–water partition coefficient (Wildman–Crippen LogP) is 2.16. The van der Waals surface area contributed by atoms with Gasteiger partial charge in [0.1, 0.15) is 11.6 Å². The number of esters is 1. The fraction of sp³-hybridized carbons (Fsp3) is 0.467. The molecule has 0 aromatic heterocycles. The summed E-state index contributed by atoms with van der Waals surface area (Å²) >= 11 is 0. The molecule has 1 aromatic rings. The molecule has 21 heavy (non-hydrogen) atoms. The Morgan fingerprint density at radius 2 is 1.81 bits per heavy atom. The second-order valence-electron chi connectivity index (χ2n) is 5.47. The van der Waals surface area contributed by atoms with Crippen LogP contribution in [0.4, 0.5) is 10.5 Å². The summed E-state index contributed by atoms with van der Waals surface area (Å²) < 4.78 is 9.81. The SMILES string of the molecule is COC(=O)C(CNc1ccccc1)NC(=O)OC(C)(C)C. The van der Waals surface area contributed by atoms with E-state index >= 15 is 0 Å². The molecule has 2 N–H and O–H groups in total. The first-order valence-corrected chi connectivity index (χ1v) is 6.68. The maximum absolute atomic E-state index is 11.7. The summed E-state index contributed by atoms with van der Waals surface area (Å²) in [6, 6.07) is 8.53.